The summed E-state index contributed by atoms with van der Waals surface area (Å²) >= 11 is 0. The molecule has 0 bridgehead atoms. The van der Waals surface area contributed by atoms with Gasteiger partial charge in [-0.3, -0.25) is 9.48 Å². The molecule has 0 spiro atoms. The first-order chi connectivity index (χ1) is 10.7. The van der Waals surface area contributed by atoms with Crippen LogP contribution in [0.3, 0.4) is 0 Å². The van der Waals surface area contributed by atoms with Crippen LogP contribution in [0.1, 0.15) is 33.9 Å². The Bertz CT molecular complexity index is 712. The molecule has 3 rings (SSSR count). The third-order valence-electron chi connectivity index (χ3n) is 3.74. The number of rotatable bonds is 3. The van der Waals surface area contributed by atoms with Crippen LogP contribution < -0.4 is 10.6 Å². The van der Waals surface area contributed by atoms with Gasteiger partial charge in [-0.05, 0) is 25.1 Å². The second kappa shape index (κ2) is 6.03. The molecule has 0 aliphatic carbocycles. The van der Waals surface area contributed by atoms with Crippen LogP contribution in [-0.4, -0.2) is 26.8 Å². The highest BCUT2D eigenvalue weighted by Gasteiger charge is 2.14. The minimum Gasteiger partial charge on any atom is -0.345 e. The molecule has 0 unspecified atom stereocenters. The van der Waals surface area contributed by atoms with E-state index in [1.54, 1.807) is 23.9 Å². The molecule has 3 heterocycles. The number of nitriles is 1. The van der Waals surface area contributed by atoms with Crippen LogP contribution in [0, 0.1) is 11.3 Å². The molecular weight excluding hydrogens is 280 g/mol. The van der Waals surface area contributed by atoms with Gasteiger partial charge >= 0.3 is 0 Å². The lowest BCUT2D eigenvalue weighted by atomic mass is 10.3. The summed E-state index contributed by atoms with van der Waals surface area (Å²) in [6, 6.07) is 5.64. The third kappa shape index (κ3) is 2.87. The molecule has 0 fully saturated rings. The molecule has 1 aliphatic rings. The summed E-state index contributed by atoms with van der Waals surface area (Å²) < 4.78 is 3.65. The third-order valence-corrected chi connectivity index (χ3v) is 3.74. The predicted molar refractivity (Wildman–Crippen MR) is 79.8 cm³/mol. The molecule has 2 aromatic heterocycles. The van der Waals surface area contributed by atoms with Gasteiger partial charge in [0.05, 0.1) is 23.5 Å². The van der Waals surface area contributed by atoms with Crippen LogP contribution in [0.5, 0.6) is 0 Å². The molecule has 0 aromatic carbocycles. The summed E-state index contributed by atoms with van der Waals surface area (Å²) in [5.74, 6) is -0.203. The number of amides is 1. The Morgan fingerprint density at radius 1 is 1.55 bits per heavy atom. The molecule has 7 nitrogen and oxygen atoms in total. The molecule has 0 saturated heterocycles. The van der Waals surface area contributed by atoms with E-state index in [1.807, 2.05) is 16.8 Å². The second-order valence-corrected chi connectivity index (χ2v) is 5.40. The second-order valence-electron chi connectivity index (χ2n) is 5.40. The van der Waals surface area contributed by atoms with E-state index in [2.05, 4.69) is 15.7 Å². The zero-order valence-corrected chi connectivity index (χ0v) is 12.5. The number of hydrogen-bond acceptors (Lipinski definition) is 4. The van der Waals surface area contributed by atoms with E-state index >= 15 is 0 Å². The standard InChI is InChI=1S/C15H18N6O/c1-20-10-11(7-16)5-14(20)15(22)18-8-12-6-13-9-17-3-2-4-21(13)19-12/h5-6,10,17H,2-4,8-9H2,1H3,(H,18,22). The first kappa shape index (κ1) is 14.4. The van der Waals surface area contributed by atoms with Gasteiger partial charge in [0.25, 0.3) is 5.91 Å². The van der Waals surface area contributed by atoms with E-state index in [9.17, 15) is 4.79 Å². The first-order valence-electron chi connectivity index (χ1n) is 7.28. The van der Waals surface area contributed by atoms with Gasteiger partial charge in [-0.25, -0.2) is 0 Å². The van der Waals surface area contributed by atoms with Crippen LogP contribution in [-0.2, 0) is 26.7 Å². The molecule has 0 atom stereocenters. The number of fused-ring (bicyclic) bond motifs is 1. The number of carbonyl (C=O) groups is 1. The van der Waals surface area contributed by atoms with Crippen molar-refractivity contribution in [1.29, 1.82) is 5.26 Å². The fourth-order valence-corrected chi connectivity index (χ4v) is 2.62. The van der Waals surface area contributed by atoms with E-state index in [0.717, 1.165) is 37.4 Å². The van der Waals surface area contributed by atoms with Gasteiger partial charge in [-0.15, -0.1) is 0 Å². The van der Waals surface area contributed by atoms with Crippen LogP contribution >= 0.6 is 0 Å². The maximum absolute atomic E-state index is 12.2. The Labute approximate surface area is 128 Å². The topological polar surface area (TPSA) is 87.7 Å². The zero-order valence-electron chi connectivity index (χ0n) is 12.5. The number of aryl methyl sites for hydroxylation is 2. The average molecular weight is 298 g/mol. The molecule has 1 amide bonds. The minimum atomic E-state index is -0.203. The Balaban J connectivity index is 1.66. The maximum Gasteiger partial charge on any atom is 0.268 e. The summed E-state index contributed by atoms with van der Waals surface area (Å²) in [7, 11) is 1.75. The quantitative estimate of drug-likeness (QED) is 0.864. The van der Waals surface area contributed by atoms with Crippen molar-refractivity contribution in [2.75, 3.05) is 6.54 Å². The SMILES string of the molecule is Cn1cc(C#N)cc1C(=O)NCc1cc2n(n1)CCCNC2. The monoisotopic (exact) mass is 298 g/mol. The molecule has 22 heavy (non-hydrogen) atoms. The Hall–Kier alpha value is -2.59. The summed E-state index contributed by atoms with van der Waals surface area (Å²) in [5.41, 5.74) is 2.94. The van der Waals surface area contributed by atoms with Gasteiger partial charge in [0.1, 0.15) is 11.8 Å². The molecule has 114 valence electrons. The smallest absolute Gasteiger partial charge is 0.268 e. The Kier molecular flexibility index (Phi) is 3.94. The zero-order chi connectivity index (χ0) is 15.5. The van der Waals surface area contributed by atoms with E-state index in [4.69, 9.17) is 5.26 Å². The highest BCUT2D eigenvalue weighted by Crippen LogP contribution is 2.09. The largest absolute Gasteiger partial charge is 0.345 e. The van der Waals surface area contributed by atoms with Crippen LogP contribution in [0.2, 0.25) is 0 Å². The van der Waals surface area contributed by atoms with Gasteiger partial charge in [0, 0.05) is 26.3 Å². The van der Waals surface area contributed by atoms with Crippen molar-refractivity contribution in [3.05, 3.63) is 41.0 Å². The summed E-state index contributed by atoms with van der Waals surface area (Å²) in [6.07, 6.45) is 2.69. The molecule has 7 heteroatoms. The maximum atomic E-state index is 12.2. The molecular formula is C15H18N6O. The van der Waals surface area contributed by atoms with E-state index in [0.29, 0.717) is 17.8 Å². The lowest BCUT2D eigenvalue weighted by Crippen LogP contribution is -2.25. The number of nitrogens with one attached hydrogen (secondary N) is 2. The van der Waals surface area contributed by atoms with E-state index in [1.165, 1.54) is 0 Å². The van der Waals surface area contributed by atoms with Gasteiger partial charge < -0.3 is 15.2 Å². The lowest BCUT2D eigenvalue weighted by Gasteiger charge is -2.04. The summed E-state index contributed by atoms with van der Waals surface area (Å²) in [4.78, 5) is 12.2. The summed E-state index contributed by atoms with van der Waals surface area (Å²) in [5, 5.41) is 19.6. The number of carbonyl (C=O) groups excluding carboxylic acids is 1. The van der Waals surface area contributed by atoms with Gasteiger partial charge in [0.2, 0.25) is 0 Å². The normalized spacial score (nSPS) is 14.0. The number of aromatic nitrogens is 3. The van der Waals surface area contributed by atoms with Crippen molar-refractivity contribution in [3.63, 3.8) is 0 Å². The van der Waals surface area contributed by atoms with E-state index < -0.39 is 0 Å². The van der Waals surface area contributed by atoms with Crippen molar-refractivity contribution in [1.82, 2.24) is 25.0 Å². The minimum absolute atomic E-state index is 0.203. The van der Waals surface area contributed by atoms with Crippen molar-refractivity contribution >= 4 is 5.91 Å². The highest BCUT2D eigenvalue weighted by atomic mass is 16.1. The van der Waals surface area contributed by atoms with Gasteiger partial charge in [0.15, 0.2) is 0 Å². The average Bonchev–Trinajstić information content (AvgIpc) is 3.01. The van der Waals surface area contributed by atoms with E-state index in [-0.39, 0.29) is 5.91 Å². The molecule has 2 aromatic rings. The number of nitrogens with zero attached hydrogens (tertiary/aromatic N) is 4. The lowest BCUT2D eigenvalue weighted by molar-refractivity contribution is 0.0942. The van der Waals surface area contributed by atoms with Crippen molar-refractivity contribution < 1.29 is 4.79 Å². The summed E-state index contributed by atoms with van der Waals surface area (Å²) in [6.45, 7) is 3.10. The van der Waals surface area contributed by atoms with Crippen molar-refractivity contribution in [3.8, 4) is 6.07 Å². The molecule has 0 saturated carbocycles. The van der Waals surface area contributed by atoms with Crippen LogP contribution in [0.4, 0.5) is 0 Å². The van der Waals surface area contributed by atoms with Crippen LogP contribution in [0.25, 0.3) is 0 Å². The fourth-order valence-electron chi connectivity index (χ4n) is 2.62. The Morgan fingerprint density at radius 3 is 3.18 bits per heavy atom. The molecule has 1 aliphatic heterocycles. The molecule has 0 radical (unpaired) electrons. The first-order valence-corrected chi connectivity index (χ1v) is 7.28. The van der Waals surface area contributed by atoms with Crippen LogP contribution in [0.15, 0.2) is 18.3 Å². The fraction of sp³-hybridized carbons (Fsp3) is 0.400. The van der Waals surface area contributed by atoms with Gasteiger partial charge in [-0.1, -0.05) is 0 Å². The molecule has 2 N–H and O–H groups in total. The van der Waals surface area contributed by atoms with Crippen molar-refractivity contribution in [2.24, 2.45) is 7.05 Å². The highest BCUT2D eigenvalue weighted by molar-refractivity contribution is 5.93. The van der Waals surface area contributed by atoms with Gasteiger partial charge in [-0.2, -0.15) is 10.4 Å². The predicted octanol–water partition coefficient (Wildman–Crippen LogP) is 0.517. The van der Waals surface area contributed by atoms with Crippen molar-refractivity contribution in [2.45, 2.75) is 26.1 Å². The Morgan fingerprint density at radius 2 is 2.41 bits per heavy atom. The number of hydrogen-bond donors (Lipinski definition) is 2.